The zero-order chi connectivity index (χ0) is 17.9. The molecule has 0 saturated carbocycles. The first-order valence-electron chi connectivity index (χ1n) is 8.69. The maximum absolute atomic E-state index is 12.3. The third-order valence-corrected chi connectivity index (χ3v) is 5.32. The number of fused-ring (bicyclic) bond motifs is 1. The minimum atomic E-state index is -0.218. The number of carbonyl (C=O) groups excluding carboxylic acids is 1. The zero-order valence-corrected chi connectivity index (χ0v) is 15.8. The van der Waals surface area contributed by atoms with E-state index in [9.17, 15) is 4.79 Å². The number of halogens is 1. The molecule has 6 heteroatoms. The lowest BCUT2D eigenvalue weighted by atomic mass is 9.98. The summed E-state index contributed by atoms with van der Waals surface area (Å²) >= 11 is 3.22. The molecular formula is C20H20BrN2O3+. The Kier molecular flexibility index (Phi) is 4.95. The standard InChI is InChI=1S/C20H19BrN2O3/c21-19-8-7-18(26-19)20(24)22-12-16(17-6-3-11-25-17)23-10-9-14-4-1-2-5-15(14)13-23/h1-8,11,16H,9-10,12-13H2,(H,22,24)/p+1/t16-/m1/s1. The maximum Gasteiger partial charge on any atom is 0.287 e. The first-order valence-corrected chi connectivity index (χ1v) is 9.48. The molecule has 3 heterocycles. The molecule has 134 valence electrons. The second-order valence-electron chi connectivity index (χ2n) is 6.49. The normalized spacial score (nSPS) is 17.5. The molecule has 0 spiro atoms. The minimum absolute atomic E-state index is 0.0562. The Morgan fingerprint density at radius 1 is 1.15 bits per heavy atom. The van der Waals surface area contributed by atoms with Gasteiger partial charge in [-0.05, 0) is 45.8 Å². The van der Waals surface area contributed by atoms with Crippen molar-refractivity contribution in [2.45, 2.75) is 19.0 Å². The number of hydrogen-bond acceptors (Lipinski definition) is 3. The lowest BCUT2D eigenvalue weighted by Crippen LogP contribution is -3.12. The van der Waals surface area contributed by atoms with E-state index in [2.05, 4.69) is 45.5 Å². The maximum atomic E-state index is 12.3. The van der Waals surface area contributed by atoms with Crippen LogP contribution in [0.4, 0.5) is 0 Å². The van der Waals surface area contributed by atoms with Crippen LogP contribution in [-0.2, 0) is 13.0 Å². The van der Waals surface area contributed by atoms with Crippen LogP contribution in [-0.4, -0.2) is 19.0 Å². The molecule has 1 aromatic carbocycles. The van der Waals surface area contributed by atoms with E-state index in [-0.39, 0.29) is 11.9 Å². The summed E-state index contributed by atoms with van der Waals surface area (Å²) in [5.41, 5.74) is 2.78. The van der Waals surface area contributed by atoms with Gasteiger partial charge in [-0.1, -0.05) is 24.3 Å². The van der Waals surface area contributed by atoms with Gasteiger partial charge in [-0.25, -0.2) is 0 Å². The number of rotatable bonds is 5. The average molecular weight is 416 g/mol. The summed E-state index contributed by atoms with van der Waals surface area (Å²) in [6.45, 7) is 2.41. The number of furan rings is 2. The molecular weight excluding hydrogens is 396 g/mol. The van der Waals surface area contributed by atoms with Gasteiger partial charge in [0.25, 0.3) is 5.91 Å². The van der Waals surface area contributed by atoms with Crippen molar-refractivity contribution < 1.29 is 18.5 Å². The van der Waals surface area contributed by atoms with Gasteiger partial charge in [0, 0.05) is 12.0 Å². The van der Waals surface area contributed by atoms with Crippen LogP contribution >= 0.6 is 15.9 Å². The first-order chi connectivity index (χ1) is 12.7. The summed E-state index contributed by atoms with van der Waals surface area (Å²) in [7, 11) is 0. The van der Waals surface area contributed by atoms with Gasteiger partial charge in [-0.15, -0.1) is 0 Å². The highest BCUT2D eigenvalue weighted by molar-refractivity contribution is 9.10. The third-order valence-electron chi connectivity index (χ3n) is 4.89. The highest BCUT2D eigenvalue weighted by atomic mass is 79.9. The van der Waals surface area contributed by atoms with Crippen molar-refractivity contribution in [1.82, 2.24) is 5.32 Å². The molecule has 0 aliphatic carbocycles. The predicted molar refractivity (Wildman–Crippen MR) is 99.9 cm³/mol. The molecule has 3 aromatic rings. The Bertz CT molecular complexity index is 888. The van der Waals surface area contributed by atoms with E-state index in [0.717, 1.165) is 25.3 Å². The van der Waals surface area contributed by atoms with Crippen molar-refractivity contribution in [3.8, 4) is 0 Å². The molecule has 5 nitrogen and oxygen atoms in total. The number of benzene rings is 1. The molecule has 0 saturated heterocycles. The summed E-state index contributed by atoms with van der Waals surface area (Å²) in [5.74, 6) is 0.971. The molecule has 1 aliphatic rings. The second kappa shape index (κ2) is 7.51. The van der Waals surface area contributed by atoms with Gasteiger partial charge in [0.05, 0.1) is 19.4 Å². The summed E-state index contributed by atoms with van der Waals surface area (Å²) in [6.07, 6.45) is 2.72. The van der Waals surface area contributed by atoms with E-state index in [0.29, 0.717) is 17.0 Å². The number of amides is 1. The number of nitrogens with one attached hydrogen (secondary N) is 2. The van der Waals surface area contributed by atoms with E-state index < -0.39 is 0 Å². The van der Waals surface area contributed by atoms with E-state index >= 15 is 0 Å². The Morgan fingerprint density at radius 3 is 2.73 bits per heavy atom. The van der Waals surface area contributed by atoms with Gasteiger partial charge in [0.1, 0.15) is 6.54 Å². The first kappa shape index (κ1) is 17.1. The van der Waals surface area contributed by atoms with Crippen molar-refractivity contribution in [3.63, 3.8) is 0 Å². The van der Waals surface area contributed by atoms with Crippen LogP contribution in [0.15, 0.2) is 68.3 Å². The van der Waals surface area contributed by atoms with Crippen molar-refractivity contribution in [1.29, 1.82) is 0 Å². The molecule has 26 heavy (non-hydrogen) atoms. The van der Waals surface area contributed by atoms with Gasteiger partial charge in [-0.3, -0.25) is 4.79 Å². The zero-order valence-electron chi connectivity index (χ0n) is 14.2. The largest absolute Gasteiger partial charge is 0.463 e. The van der Waals surface area contributed by atoms with Crippen LogP contribution in [0.2, 0.25) is 0 Å². The fourth-order valence-corrected chi connectivity index (χ4v) is 3.86. The Balaban J connectivity index is 1.50. The highest BCUT2D eigenvalue weighted by Crippen LogP contribution is 2.17. The molecule has 0 bridgehead atoms. The lowest BCUT2D eigenvalue weighted by Gasteiger charge is -2.31. The quantitative estimate of drug-likeness (QED) is 0.673. The van der Waals surface area contributed by atoms with E-state index in [1.54, 1.807) is 18.4 Å². The van der Waals surface area contributed by atoms with E-state index in [1.807, 2.05) is 12.1 Å². The minimum Gasteiger partial charge on any atom is -0.463 e. The molecule has 2 N–H and O–H groups in total. The lowest BCUT2D eigenvalue weighted by molar-refractivity contribution is -0.946. The van der Waals surface area contributed by atoms with Crippen LogP contribution in [0.25, 0.3) is 0 Å². The number of hydrogen-bond donors (Lipinski definition) is 2. The molecule has 1 amide bonds. The van der Waals surface area contributed by atoms with Crippen molar-refractivity contribution in [2.24, 2.45) is 0 Å². The fourth-order valence-electron chi connectivity index (χ4n) is 3.55. The molecule has 4 rings (SSSR count). The molecule has 2 atom stereocenters. The van der Waals surface area contributed by atoms with E-state index in [1.165, 1.54) is 16.0 Å². The molecule has 1 aliphatic heterocycles. The second-order valence-corrected chi connectivity index (χ2v) is 7.27. The van der Waals surface area contributed by atoms with Crippen LogP contribution < -0.4 is 10.2 Å². The van der Waals surface area contributed by atoms with Crippen LogP contribution in [0.3, 0.4) is 0 Å². The molecule has 2 aromatic heterocycles. The summed E-state index contributed by atoms with van der Waals surface area (Å²) in [6, 6.07) is 15.9. The monoisotopic (exact) mass is 415 g/mol. The number of quaternary nitrogens is 1. The van der Waals surface area contributed by atoms with Crippen LogP contribution in [0.5, 0.6) is 0 Å². The van der Waals surface area contributed by atoms with Crippen molar-refractivity contribution in [3.05, 3.63) is 82.1 Å². The topological polar surface area (TPSA) is 59.8 Å². The van der Waals surface area contributed by atoms with Crippen LogP contribution in [0.1, 0.15) is 33.5 Å². The average Bonchev–Trinajstić information content (AvgIpc) is 3.34. The molecule has 0 radical (unpaired) electrons. The van der Waals surface area contributed by atoms with Gasteiger partial charge in [-0.2, -0.15) is 0 Å². The van der Waals surface area contributed by atoms with Gasteiger partial charge >= 0.3 is 0 Å². The highest BCUT2D eigenvalue weighted by Gasteiger charge is 2.30. The summed E-state index contributed by atoms with van der Waals surface area (Å²) in [5, 5.41) is 2.99. The summed E-state index contributed by atoms with van der Waals surface area (Å²) < 4.78 is 11.6. The SMILES string of the molecule is O=C(NC[C@H](c1ccco1)[NH+]1CCc2ccccc2C1)c1ccc(Br)o1. The summed E-state index contributed by atoms with van der Waals surface area (Å²) in [4.78, 5) is 13.7. The number of carbonyl (C=O) groups is 1. The third kappa shape index (κ3) is 3.61. The fraction of sp³-hybridized carbons (Fsp3) is 0.250. The van der Waals surface area contributed by atoms with E-state index in [4.69, 9.17) is 8.83 Å². The van der Waals surface area contributed by atoms with Gasteiger partial charge in [0.15, 0.2) is 22.2 Å². The van der Waals surface area contributed by atoms with Gasteiger partial charge in [0.2, 0.25) is 0 Å². The smallest absolute Gasteiger partial charge is 0.287 e. The Morgan fingerprint density at radius 2 is 2.00 bits per heavy atom. The molecule has 0 fully saturated rings. The van der Waals surface area contributed by atoms with Crippen molar-refractivity contribution >= 4 is 21.8 Å². The van der Waals surface area contributed by atoms with Crippen LogP contribution in [0, 0.1) is 0 Å². The predicted octanol–water partition coefficient (Wildman–Crippen LogP) is 2.75. The Labute approximate surface area is 160 Å². The molecule has 1 unspecified atom stereocenters. The van der Waals surface area contributed by atoms with Crippen molar-refractivity contribution in [2.75, 3.05) is 13.1 Å². The Hall–Kier alpha value is -2.31. The van der Waals surface area contributed by atoms with Gasteiger partial charge < -0.3 is 19.1 Å².